The lowest BCUT2D eigenvalue weighted by Crippen LogP contribution is -2.23. The molecule has 2 aromatic rings. The number of nitrogens with two attached hydrogens (primary N) is 1. The molecule has 0 aliphatic heterocycles. The van der Waals surface area contributed by atoms with Crippen LogP contribution in [0.25, 0.3) is 5.78 Å². The van der Waals surface area contributed by atoms with Gasteiger partial charge < -0.3 is 10.9 Å². The molecule has 0 aromatic carbocycles. The van der Waals surface area contributed by atoms with Gasteiger partial charge in [0.2, 0.25) is 5.78 Å². The lowest BCUT2D eigenvalue weighted by atomic mass is 10.3. The van der Waals surface area contributed by atoms with Gasteiger partial charge in [0.25, 0.3) is 5.56 Å². The fourth-order valence-corrected chi connectivity index (χ4v) is 1.14. The zero-order valence-electron chi connectivity index (χ0n) is 6.91. The molecule has 2 rings (SSSR count). The van der Waals surface area contributed by atoms with Crippen molar-refractivity contribution < 1.29 is 9.90 Å². The summed E-state index contributed by atoms with van der Waals surface area (Å²) < 4.78 is 2.20. The Bertz CT molecular complexity index is 568. The van der Waals surface area contributed by atoms with Crippen LogP contribution >= 0.6 is 0 Å². The first kappa shape index (κ1) is 8.30. The largest absolute Gasteiger partial charge is 0.477 e. The molecule has 7 nitrogen and oxygen atoms in total. The number of aromatic carboxylic acids is 1. The van der Waals surface area contributed by atoms with Crippen molar-refractivity contribution in [2.75, 3.05) is 5.84 Å². The monoisotopic (exact) mass is 194 g/mol. The fourth-order valence-electron chi connectivity index (χ4n) is 1.14. The van der Waals surface area contributed by atoms with E-state index in [0.717, 1.165) is 15.3 Å². The third kappa shape index (κ3) is 0.954. The van der Waals surface area contributed by atoms with Crippen molar-refractivity contribution in [3.63, 3.8) is 0 Å². The van der Waals surface area contributed by atoms with E-state index in [0.29, 0.717) is 0 Å². The van der Waals surface area contributed by atoms with Gasteiger partial charge in [-0.05, 0) is 0 Å². The van der Waals surface area contributed by atoms with Crippen LogP contribution in [0.4, 0.5) is 0 Å². The predicted octanol–water partition coefficient (Wildman–Crippen LogP) is -1.09. The molecular formula is C7H6N4O3. The van der Waals surface area contributed by atoms with Crippen LogP contribution in [0.5, 0.6) is 0 Å². The Balaban J connectivity index is 2.90. The second-order valence-electron chi connectivity index (χ2n) is 2.66. The van der Waals surface area contributed by atoms with Crippen molar-refractivity contribution in [3.8, 4) is 0 Å². The van der Waals surface area contributed by atoms with Gasteiger partial charge in [-0.3, -0.25) is 4.79 Å². The minimum Gasteiger partial charge on any atom is -0.477 e. The first-order chi connectivity index (χ1) is 6.61. The van der Waals surface area contributed by atoms with Gasteiger partial charge in [0.15, 0.2) is 0 Å². The molecule has 0 atom stereocenters. The molecule has 0 amide bonds. The maximum atomic E-state index is 11.5. The van der Waals surface area contributed by atoms with E-state index < -0.39 is 11.5 Å². The molecule has 0 aliphatic rings. The van der Waals surface area contributed by atoms with E-state index in [-0.39, 0.29) is 11.3 Å². The van der Waals surface area contributed by atoms with Crippen LogP contribution < -0.4 is 11.4 Å². The standard InChI is InChI=1S/C7H6N4O3/c8-11-2-1-10-5(12)4(6(13)14)3-9-7(10)11/h1-3H,8H2,(H,13,14). The summed E-state index contributed by atoms with van der Waals surface area (Å²) in [5.74, 6) is 4.31. The molecule has 0 unspecified atom stereocenters. The summed E-state index contributed by atoms with van der Waals surface area (Å²) in [5, 5.41) is 8.64. The minimum atomic E-state index is -1.30. The molecule has 3 N–H and O–H groups in total. The van der Waals surface area contributed by atoms with Crippen LogP contribution in [-0.2, 0) is 0 Å². The quantitative estimate of drug-likeness (QED) is 0.561. The number of carbonyl (C=O) groups is 1. The summed E-state index contributed by atoms with van der Waals surface area (Å²) in [5.41, 5.74) is -1.03. The number of hydrogen-bond donors (Lipinski definition) is 2. The van der Waals surface area contributed by atoms with E-state index in [9.17, 15) is 9.59 Å². The van der Waals surface area contributed by atoms with Crippen molar-refractivity contribution >= 4 is 11.7 Å². The van der Waals surface area contributed by atoms with Crippen molar-refractivity contribution in [1.29, 1.82) is 0 Å². The number of nitrogen functional groups attached to an aromatic ring is 1. The highest BCUT2D eigenvalue weighted by Crippen LogP contribution is 1.96. The molecule has 14 heavy (non-hydrogen) atoms. The molecule has 0 spiro atoms. The van der Waals surface area contributed by atoms with Crippen molar-refractivity contribution in [1.82, 2.24) is 14.1 Å². The third-order valence-corrected chi connectivity index (χ3v) is 1.81. The molecule has 0 radical (unpaired) electrons. The lowest BCUT2D eigenvalue weighted by Gasteiger charge is -1.96. The fraction of sp³-hybridized carbons (Fsp3) is 0. The molecule has 0 fully saturated rings. The van der Waals surface area contributed by atoms with Crippen LogP contribution in [-0.4, -0.2) is 25.1 Å². The molecule has 0 bridgehead atoms. The smallest absolute Gasteiger partial charge is 0.342 e. The van der Waals surface area contributed by atoms with Gasteiger partial charge in [0.1, 0.15) is 5.56 Å². The lowest BCUT2D eigenvalue weighted by molar-refractivity contribution is 0.0694. The van der Waals surface area contributed by atoms with Gasteiger partial charge in [-0.25, -0.2) is 18.9 Å². The van der Waals surface area contributed by atoms with Gasteiger partial charge in [0, 0.05) is 12.4 Å². The van der Waals surface area contributed by atoms with Crippen LogP contribution in [0.2, 0.25) is 0 Å². The Kier molecular flexibility index (Phi) is 1.53. The van der Waals surface area contributed by atoms with Gasteiger partial charge in [-0.2, -0.15) is 0 Å². The topological polar surface area (TPSA) is 103 Å². The minimum absolute atomic E-state index is 0.194. The maximum Gasteiger partial charge on any atom is 0.342 e. The van der Waals surface area contributed by atoms with Gasteiger partial charge in [-0.1, -0.05) is 0 Å². The number of aromatic nitrogens is 3. The average molecular weight is 194 g/mol. The van der Waals surface area contributed by atoms with Gasteiger partial charge >= 0.3 is 5.97 Å². The normalized spacial score (nSPS) is 10.6. The Labute approximate surface area is 77.0 Å². The highest BCUT2D eigenvalue weighted by Gasteiger charge is 2.12. The van der Waals surface area contributed by atoms with Crippen LogP contribution in [0.3, 0.4) is 0 Å². The summed E-state index contributed by atoms with van der Waals surface area (Å²) in [6.45, 7) is 0. The highest BCUT2D eigenvalue weighted by molar-refractivity contribution is 5.86. The zero-order chi connectivity index (χ0) is 10.3. The van der Waals surface area contributed by atoms with Crippen LogP contribution in [0.15, 0.2) is 23.4 Å². The molecule has 72 valence electrons. The van der Waals surface area contributed by atoms with Crippen molar-refractivity contribution in [3.05, 3.63) is 34.5 Å². The number of imidazole rings is 1. The van der Waals surface area contributed by atoms with Crippen molar-refractivity contribution in [2.24, 2.45) is 0 Å². The van der Waals surface area contributed by atoms with E-state index >= 15 is 0 Å². The second-order valence-corrected chi connectivity index (χ2v) is 2.66. The van der Waals surface area contributed by atoms with E-state index in [2.05, 4.69) is 4.98 Å². The molecule has 7 heteroatoms. The third-order valence-electron chi connectivity index (χ3n) is 1.81. The summed E-state index contributed by atoms with van der Waals surface area (Å²) >= 11 is 0. The Hall–Kier alpha value is -2.31. The van der Waals surface area contributed by atoms with Crippen LogP contribution in [0, 0.1) is 0 Å². The summed E-state index contributed by atoms with van der Waals surface area (Å²) in [6.07, 6.45) is 3.76. The molecule has 0 aliphatic carbocycles. The summed E-state index contributed by atoms with van der Waals surface area (Å²) in [7, 11) is 0. The molecule has 2 aromatic heterocycles. The van der Waals surface area contributed by atoms with Gasteiger partial charge in [-0.15, -0.1) is 0 Å². The number of carboxylic acids is 1. The second kappa shape index (κ2) is 2.59. The molecule has 0 saturated carbocycles. The van der Waals surface area contributed by atoms with Crippen molar-refractivity contribution in [2.45, 2.75) is 0 Å². The number of hydrogen-bond acceptors (Lipinski definition) is 4. The van der Waals surface area contributed by atoms with E-state index in [1.807, 2.05) is 0 Å². The number of fused-ring (bicyclic) bond motifs is 1. The number of carboxylic acid groups (broad SMARTS) is 1. The number of nitrogens with zero attached hydrogens (tertiary/aromatic N) is 3. The SMILES string of the molecule is Nn1ccn2c(=O)c(C(=O)O)cnc12. The Morgan fingerprint density at radius 2 is 2.21 bits per heavy atom. The van der Waals surface area contributed by atoms with E-state index in [1.54, 1.807) is 0 Å². The Morgan fingerprint density at radius 3 is 2.86 bits per heavy atom. The average Bonchev–Trinajstić information content (AvgIpc) is 2.49. The molecular weight excluding hydrogens is 188 g/mol. The predicted molar refractivity (Wildman–Crippen MR) is 46.6 cm³/mol. The highest BCUT2D eigenvalue weighted by atomic mass is 16.4. The zero-order valence-corrected chi connectivity index (χ0v) is 6.91. The summed E-state index contributed by atoms with van der Waals surface area (Å²) in [4.78, 5) is 25.8. The number of rotatable bonds is 1. The van der Waals surface area contributed by atoms with E-state index in [4.69, 9.17) is 10.9 Å². The first-order valence-electron chi connectivity index (χ1n) is 3.68. The van der Waals surface area contributed by atoms with Crippen LogP contribution in [0.1, 0.15) is 10.4 Å². The van der Waals surface area contributed by atoms with E-state index in [1.165, 1.54) is 12.4 Å². The molecule has 0 saturated heterocycles. The molecule has 2 heterocycles. The summed E-state index contributed by atoms with van der Waals surface area (Å²) in [6, 6.07) is 0. The maximum absolute atomic E-state index is 11.5. The Morgan fingerprint density at radius 1 is 1.50 bits per heavy atom. The first-order valence-corrected chi connectivity index (χ1v) is 3.68. The van der Waals surface area contributed by atoms with Gasteiger partial charge in [0.05, 0.1) is 6.20 Å².